The first-order chi connectivity index (χ1) is 9.95. The number of hydrogen-bond acceptors (Lipinski definition) is 1. The Morgan fingerprint density at radius 1 is 1.10 bits per heavy atom. The van der Waals surface area contributed by atoms with Crippen molar-refractivity contribution >= 4 is 11.6 Å². The van der Waals surface area contributed by atoms with Crippen LogP contribution in [0.4, 0.5) is 8.78 Å². The molecule has 2 aromatic carbocycles. The number of aryl methyl sites for hydroxylation is 2. The average molecular weight is 310 g/mol. The van der Waals surface area contributed by atoms with Gasteiger partial charge in [-0.2, -0.15) is 0 Å². The minimum absolute atomic E-state index is 0.00417. The topological polar surface area (TPSA) is 12.0 Å². The molecule has 0 bridgehead atoms. The Morgan fingerprint density at radius 3 is 2.24 bits per heavy atom. The van der Waals surface area contributed by atoms with Gasteiger partial charge in [0.15, 0.2) is 0 Å². The van der Waals surface area contributed by atoms with E-state index in [0.717, 1.165) is 11.1 Å². The summed E-state index contributed by atoms with van der Waals surface area (Å²) in [7, 11) is 0. The van der Waals surface area contributed by atoms with Crippen LogP contribution in [0.3, 0.4) is 0 Å². The van der Waals surface area contributed by atoms with E-state index < -0.39 is 17.7 Å². The summed E-state index contributed by atoms with van der Waals surface area (Å²) < 4.78 is 28.2. The molecule has 1 N–H and O–H groups in total. The summed E-state index contributed by atoms with van der Waals surface area (Å²) in [6, 6.07) is 6.99. The molecular formula is C17H18ClF2N. The third-order valence-electron chi connectivity index (χ3n) is 3.62. The Labute approximate surface area is 128 Å². The largest absolute Gasteiger partial charge is 0.306 e. The third kappa shape index (κ3) is 3.25. The van der Waals surface area contributed by atoms with Gasteiger partial charge in [-0.15, -0.1) is 0 Å². The molecule has 0 aliphatic carbocycles. The Bertz CT molecular complexity index is 635. The predicted molar refractivity (Wildman–Crippen MR) is 82.8 cm³/mol. The smallest absolute Gasteiger partial charge is 0.131 e. The fraction of sp³-hybridized carbons (Fsp3) is 0.294. The first-order valence-corrected chi connectivity index (χ1v) is 7.27. The fourth-order valence-corrected chi connectivity index (χ4v) is 2.71. The van der Waals surface area contributed by atoms with E-state index in [9.17, 15) is 8.78 Å². The molecule has 112 valence electrons. The van der Waals surface area contributed by atoms with Gasteiger partial charge in [-0.1, -0.05) is 30.7 Å². The molecule has 0 fully saturated rings. The quantitative estimate of drug-likeness (QED) is 0.844. The zero-order valence-electron chi connectivity index (χ0n) is 12.3. The van der Waals surface area contributed by atoms with E-state index in [1.165, 1.54) is 18.2 Å². The van der Waals surface area contributed by atoms with Crippen LogP contribution in [-0.2, 0) is 0 Å². The van der Waals surface area contributed by atoms with Gasteiger partial charge in [0.25, 0.3) is 0 Å². The third-order valence-corrected chi connectivity index (χ3v) is 3.95. The predicted octanol–water partition coefficient (Wildman–Crippen LogP) is 4.93. The molecule has 0 amide bonds. The highest BCUT2D eigenvalue weighted by molar-refractivity contribution is 6.31. The van der Waals surface area contributed by atoms with Crippen molar-refractivity contribution in [2.24, 2.45) is 0 Å². The van der Waals surface area contributed by atoms with Crippen LogP contribution in [0.15, 0.2) is 30.3 Å². The highest BCUT2D eigenvalue weighted by Gasteiger charge is 2.23. The molecule has 21 heavy (non-hydrogen) atoms. The van der Waals surface area contributed by atoms with Crippen LogP contribution in [0.2, 0.25) is 5.02 Å². The van der Waals surface area contributed by atoms with Crippen LogP contribution in [0.1, 0.15) is 35.2 Å². The van der Waals surface area contributed by atoms with Gasteiger partial charge in [0, 0.05) is 10.6 Å². The molecule has 0 radical (unpaired) electrons. The molecule has 0 saturated heterocycles. The molecule has 1 nitrogen and oxygen atoms in total. The van der Waals surface area contributed by atoms with E-state index in [1.54, 1.807) is 0 Å². The van der Waals surface area contributed by atoms with E-state index in [1.807, 2.05) is 32.9 Å². The number of rotatable bonds is 4. The van der Waals surface area contributed by atoms with Crippen molar-refractivity contribution in [2.75, 3.05) is 6.54 Å². The molecule has 0 aliphatic heterocycles. The van der Waals surface area contributed by atoms with Crippen molar-refractivity contribution in [2.45, 2.75) is 26.8 Å². The molecule has 1 unspecified atom stereocenters. The second kappa shape index (κ2) is 6.54. The van der Waals surface area contributed by atoms with Gasteiger partial charge in [-0.25, -0.2) is 8.78 Å². The number of hydrogen-bond donors (Lipinski definition) is 1. The van der Waals surface area contributed by atoms with Gasteiger partial charge >= 0.3 is 0 Å². The van der Waals surface area contributed by atoms with Crippen molar-refractivity contribution in [3.05, 3.63) is 69.2 Å². The number of benzene rings is 2. The Balaban J connectivity index is 2.62. The molecule has 0 heterocycles. The maximum Gasteiger partial charge on any atom is 0.131 e. The van der Waals surface area contributed by atoms with Gasteiger partial charge in [0.1, 0.15) is 11.6 Å². The Kier molecular flexibility index (Phi) is 4.96. The molecule has 4 heteroatoms. The molecule has 2 aromatic rings. The second-order valence-corrected chi connectivity index (χ2v) is 5.49. The highest BCUT2D eigenvalue weighted by Crippen LogP contribution is 2.33. The lowest BCUT2D eigenvalue weighted by atomic mass is 9.94. The first kappa shape index (κ1) is 15.9. The summed E-state index contributed by atoms with van der Waals surface area (Å²) >= 11 is 6.30. The van der Waals surface area contributed by atoms with Crippen molar-refractivity contribution in [3.8, 4) is 0 Å². The minimum Gasteiger partial charge on any atom is -0.306 e. The van der Waals surface area contributed by atoms with Crippen LogP contribution in [-0.4, -0.2) is 6.54 Å². The zero-order chi connectivity index (χ0) is 15.6. The van der Waals surface area contributed by atoms with Crippen LogP contribution in [0, 0.1) is 25.5 Å². The normalized spacial score (nSPS) is 12.5. The van der Waals surface area contributed by atoms with Crippen molar-refractivity contribution in [3.63, 3.8) is 0 Å². The molecule has 0 aliphatic rings. The summed E-state index contributed by atoms with van der Waals surface area (Å²) in [5, 5.41) is 3.63. The average Bonchev–Trinajstić information content (AvgIpc) is 2.42. The molecule has 2 rings (SSSR count). The lowest BCUT2D eigenvalue weighted by Gasteiger charge is -2.22. The maximum absolute atomic E-state index is 14.1. The molecule has 0 aromatic heterocycles. The van der Waals surface area contributed by atoms with E-state index in [0.29, 0.717) is 17.1 Å². The van der Waals surface area contributed by atoms with E-state index >= 15 is 0 Å². The number of halogens is 3. The van der Waals surface area contributed by atoms with Gasteiger partial charge in [0.05, 0.1) is 6.04 Å². The Hall–Kier alpha value is -1.45. The summed E-state index contributed by atoms with van der Waals surface area (Å²) in [5.41, 5.74) is 2.78. The van der Waals surface area contributed by atoms with E-state index in [4.69, 9.17) is 11.6 Å². The summed E-state index contributed by atoms with van der Waals surface area (Å²) in [5.74, 6) is -1.15. The second-order valence-electron chi connectivity index (χ2n) is 5.08. The van der Waals surface area contributed by atoms with Gasteiger partial charge in [-0.05, 0) is 55.3 Å². The van der Waals surface area contributed by atoms with Crippen LogP contribution in [0.25, 0.3) is 0 Å². The molecule has 0 saturated carbocycles. The summed E-state index contributed by atoms with van der Waals surface area (Å²) in [4.78, 5) is 0. The van der Waals surface area contributed by atoms with Gasteiger partial charge in [-0.3, -0.25) is 0 Å². The van der Waals surface area contributed by atoms with Gasteiger partial charge < -0.3 is 5.32 Å². The van der Waals surface area contributed by atoms with Crippen LogP contribution < -0.4 is 5.32 Å². The molecule has 1 atom stereocenters. The lowest BCUT2D eigenvalue weighted by molar-refractivity contribution is 0.510. The van der Waals surface area contributed by atoms with Crippen LogP contribution >= 0.6 is 11.6 Å². The number of nitrogens with one attached hydrogen (secondary N) is 1. The summed E-state index contributed by atoms with van der Waals surface area (Å²) in [6.07, 6.45) is 0. The SMILES string of the molecule is CCNC(c1cc(C)c(C)cc1Cl)c1c(F)cccc1F. The summed E-state index contributed by atoms with van der Waals surface area (Å²) in [6.45, 7) is 6.37. The fourth-order valence-electron chi connectivity index (χ4n) is 2.38. The monoisotopic (exact) mass is 309 g/mol. The van der Waals surface area contributed by atoms with E-state index in [2.05, 4.69) is 5.32 Å². The minimum atomic E-state index is -0.608. The standard InChI is InChI=1S/C17H18ClF2N/c1-4-21-17(16-14(19)6-5-7-15(16)20)12-8-10(2)11(3)9-13(12)18/h5-9,17,21H,4H2,1-3H3. The molecular weight excluding hydrogens is 292 g/mol. The van der Waals surface area contributed by atoms with Gasteiger partial charge in [0.2, 0.25) is 0 Å². The van der Waals surface area contributed by atoms with Crippen molar-refractivity contribution in [1.29, 1.82) is 0 Å². The van der Waals surface area contributed by atoms with Crippen molar-refractivity contribution < 1.29 is 8.78 Å². The van der Waals surface area contributed by atoms with E-state index in [-0.39, 0.29) is 5.56 Å². The lowest BCUT2D eigenvalue weighted by Crippen LogP contribution is -2.24. The van der Waals surface area contributed by atoms with Crippen molar-refractivity contribution in [1.82, 2.24) is 5.32 Å². The zero-order valence-corrected chi connectivity index (χ0v) is 13.1. The highest BCUT2D eigenvalue weighted by atomic mass is 35.5. The van der Waals surface area contributed by atoms with Crippen LogP contribution in [0.5, 0.6) is 0 Å². The molecule has 0 spiro atoms. The Morgan fingerprint density at radius 2 is 1.67 bits per heavy atom. The maximum atomic E-state index is 14.1. The first-order valence-electron chi connectivity index (χ1n) is 6.89.